The lowest BCUT2D eigenvalue weighted by molar-refractivity contribution is 0.139. The maximum Gasteiger partial charge on any atom is 0.193 e. The van der Waals surface area contributed by atoms with Gasteiger partial charge in [0.15, 0.2) is 5.96 Å². The number of unbranched alkanes of at least 4 members (excludes halogenated alkanes) is 1. The molecule has 0 spiro atoms. The van der Waals surface area contributed by atoms with Crippen LogP contribution in [0.25, 0.3) is 0 Å². The van der Waals surface area contributed by atoms with Crippen molar-refractivity contribution in [3.63, 3.8) is 0 Å². The number of aryl methyl sites for hydroxylation is 1. The van der Waals surface area contributed by atoms with E-state index in [0.717, 1.165) is 44.0 Å². The van der Waals surface area contributed by atoms with E-state index in [2.05, 4.69) is 47.2 Å². The number of hydrogen-bond acceptors (Lipinski definition) is 3. The summed E-state index contributed by atoms with van der Waals surface area (Å²) in [6.45, 7) is 14.7. The Morgan fingerprint density at radius 1 is 1.21 bits per heavy atom. The van der Waals surface area contributed by atoms with Crippen molar-refractivity contribution in [3.05, 3.63) is 18.0 Å². The van der Waals surface area contributed by atoms with Crippen molar-refractivity contribution >= 4 is 29.9 Å². The van der Waals surface area contributed by atoms with Crippen molar-refractivity contribution in [1.82, 2.24) is 24.9 Å². The number of rotatable bonds is 7. The second-order valence-electron chi connectivity index (χ2n) is 9.03. The minimum atomic E-state index is 0. The summed E-state index contributed by atoms with van der Waals surface area (Å²) in [4.78, 5) is 10.0. The number of nitrogens with one attached hydrogen (secondary N) is 1. The maximum atomic E-state index is 4.93. The number of guanidine groups is 1. The van der Waals surface area contributed by atoms with Gasteiger partial charge >= 0.3 is 0 Å². The van der Waals surface area contributed by atoms with Gasteiger partial charge < -0.3 is 15.1 Å². The Hall–Kier alpha value is -0.830. The van der Waals surface area contributed by atoms with E-state index in [-0.39, 0.29) is 24.0 Å². The van der Waals surface area contributed by atoms with E-state index < -0.39 is 0 Å². The molecule has 3 heterocycles. The van der Waals surface area contributed by atoms with Crippen molar-refractivity contribution in [2.24, 2.45) is 23.9 Å². The zero-order valence-corrected chi connectivity index (χ0v) is 21.1. The van der Waals surface area contributed by atoms with Crippen molar-refractivity contribution < 1.29 is 0 Å². The Morgan fingerprint density at radius 3 is 2.62 bits per heavy atom. The third-order valence-electron chi connectivity index (χ3n) is 6.11. The van der Waals surface area contributed by atoms with Gasteiger partial charge in [-0.15, -0.1) is 24.0 Å². The van der Waals surface area contributed by atoms with E-state index >= 15 is 0 Å². The molecule has 2 saturated heterocycles. The van der Waals surface area contributed by atoms with Crippen LogP contribution >= 0.6 is 24.0 Å². The van der Waals surface area contributed by atoms with E-state index in [1.807, 2.05) is 17.9 Å². The molecule has 0 saturated carbocycles. The molecule has 3 rings (SSSR count). The first-order valence-electron chi connectivity index (χ1n) is 11.3. The van der Waals surface area contributed by atoms with Crippen molar-refractivity contribution in [2.45, 2.75) is 52.4 Å². The molecule has 29 heavy (non-hydrogen) atoms. The highest BCUT2D eigenvalue weighted by Gasteiger charge is 2.27. The van der Waals surface area contributed by atoms with Crippen LogP contribution in [0.2, 0.25) is 0 Å². The van der Waals surface area contributed by atoms with Gasteiger partial charge in [0.05, 0.1) is 6.20 Å². The molecule has 0 bridgehead atoms. The molecule has 0 radical (unpaired) electrons. The first-order chi connectivity index (χ1) is 13.5. The van der Waals surface area contributed by atoms with Crippen molar-refractivity contribution in [2.75, 3.05) is 45.8 Å². The predicted octanol–water partition coefficient (Wildman–Crippen LogP) is 3.55. The number of halogens is 1. The Kier molecular flexibility index (Phi) is 10.2. The number of piperidine rings is 1. The molecule has 0 amide bonds. The van der Waals surface area contributed by atoms with Crippen LogP contribution in [0.5, 0.6) is 0 Å². The summed E-state index contributed by atoms with van der Waals surface area (Å²) in [7, 11) is 1.99. The van der Waals surface area contributed by atoms with Gasteiger partial charge in [-0.05, 0) is 56.6 Å². The van der Waals surface area contributed by atoms with Crippen LogP contribution in [0.1, 0.15) is 57.9 Å². The summed E-state index contributed by atoms with van der Waals surface area (Å²) in [5.41, 5.74) is 1.35. The quantitative estimate of drug-likeness (QED) is 0.261. The molecular weight excluding hydrogens is 475 g/mol. The standard InChI is InChI=1S/C22H40N6.HI/c1-5-23-22(28-11-8-20(17-28)21-13-25-26(4)16-21)24-9-6-7-10-27-14-18(2)12-19(3)15-27;/h13,16,18-20H,5-12,14-15,17H2,1-4H3,(H,23,24);1H. The van der Waals surface area contributed by atoms with Gasteiger partial charge in [-0.1, -0.05) is 13.8 Å². The predicted molar refractivity (Wildman–Crippen MR) is 132 cm³/mol. The molecule has 0 aliphatic carbocycles. The van der Waals surface area contributed by atoms with Crippen LogP contribution in [-0.2, 0) is 7.05 Å². The van der Waals surface area contributed by atoms with E-state index in [0.29, 0.717) is 5.92 Å². The van der Waals surface area contributed by atoms with Crippen LogP contribution in [0.15, 0.2) is 17.4 Å². The molecule has 166 valence electrons. The Labute approximate surface area is 194 Å². The normalized spacial score (nSPS) is 25.9. The highest BCUT2D eigenvalue weighted by Crippen LogP contribution is 2.26. The largest absolute Gasteiger partial charge is 0.357 e. The molecule has 7 heteroatoms. The zero-order valence-electron chi connectivity index (χ0n) is 18.8. The van der Waals surface area contributed by atoms with Gasteiger partial charge in [-0.3, -0.25) is 9.67 Å². The van der Waals surface area contributed by atoms with Crippen LogP contribution in [0.4, 0.5) is 0 Å². The lowest BCUT2D eigenvalue weighted by atomic mass is 9.92. The van der Waals surface area contributed by atoms with Crippen LogP contribution in [0.3, 0.4) is 0 Å². The molecule has 3 atom stereocenters. The van der Waals surface area contributed by atoms with Gasteiger partial charge in [-0.2, -0.15) is 5.10 Å². The lowest BCUT2D eigenvalue weighted by Gasteiger charge is -2.34. The Morgan fingerprint density at radius 2 is 1.97 bits per heavy atom. The fourth-order valence-corrected chi connectivity index (χ4v) is 4.91. The average Bonchev–Trinajstić information content (AvgIpc) is 3.28. The number of likely N-dealkylation sites (tertiary alicyclic amines) is 2. The summed E-state index contributed by atoms with van der Waals surface area (Å²) < 4.78 is 1.90. The molecule has 1 aromatic heterocycles. The smallest absolute Gasteiger partial charge is 0.193 e. The number of aromatic nitrogens is 2. The number of hydrogen-bond donors (Lipinski definition) is 1. The number of aliphatic imine (C=N–C) groups is 1. The first-order valence-corrected chi connectivity index (χ1v) is 11.3. The van der Waals surface area contributed by atoms with E-state index in [9.17, 15) is 0 Å². The summed E-state index contributed by atoms with van der Waals surface area (Å²) in [6, 6.07) is 0. The topological polar surface area (TPSA) is 48.7 Å². The Balaban J connectivity index is 0.00000300. The van der Waals surface area contributed by atoms with Crippen LogP contribution in [0, 0.1) is 11.8 Å². The summed E-state index contributed by atoms with van der Waals surface area (Å²) in [6.07, 6.45) is 9.17. The molecule has 6 nitrogen and oxygen atoms in total. The SMILES string of the molecule is CCNC(=NCCCCN1CC(C)CC(C)C1)N1CCC(c2cnn(C)c2)C1.I. The first kappa shape index (κ1) is 24.4. The van der Waals surface area contributed by atoms with Crippen LogP contribution < -0.4 is 5.32 Å². The van der Waals surface area contributed by atoms with Crippen LogP contribution in [-0.4, -0.2) is 71.4 Å². The second kappa shape index (κ2) is 12.1. The maximum absolute atomic E-state index is 4.93. The van der Waals surface area contributed by atoms with E-state index in [1.54, 1.807) is 0 Å². The highest BCUT2D eigenvalue weighted by molar-refractivity contribution is 14.0. The number of nitrogens with zero attached hydrogens (tertiary/aromatic N) is 5. The zero-order chi connectivity index (χ0) is 19.9. The van der Waals surface area contributed by atoms with Gasteiger partial charge in [0, 0.05) is 58.4 Å². The van der Waals surface area contributed by atoms with E-state index in [1.165, 1.54) is 50.9 Å². The summed E-state index contributed by atoms with van der Waals surface area (Å²) in [5.74, 6) is 3.37. The van der Waals surface area contributed by atoms with Crippen molar-refractivity contribution in [3.8, 4) is 0 Å². The molecule has 1 aromatic rings. The summed E-state index contributed by atoms with van der Waals surface area (Å²) >= 11 is 0. The Bertz CT molecular complexity index is 621. The minimum Gasteiger partial charge on any atom is -0.357 e. The van der Waals surface area contributed by atoms with Gasteiger partial charge in [0.2, 0.25) is 0 Å². The molecule has 3 unspecified atom stereocenters. The van der Waals surface area contributed by atoms with Crippen molar-refractivity contribution in [1.29, 1.82) is 0 Å². The summed E-state index contributed by atoms with van der Waals surface area (Å²) in [5, 5.41) is 7.83. The molecule has 1 N–H and O–H groups in total. The third-order valence-corrected chi connectivity index (χ3v) is 6.11. The monoisotopic (exact) mass is 516 g/mol. The van der Waals surface area contributed by atoms with Gasteiger partial charge in [0.25, 0.3) is 0 Å². The lowest BCUT2D eigenvalue weighted by Crippen LogP contribution is -2.40. The third kappa shape index (κ3) is 7.42. The fraction of sp³-hybridized carbons (Fsp3) is 0.818. The highest BCUT2D eigenvalue weighted by atomic mass is 127. The fourth-order valence-electron chi connectivity index (χ4n) is 4.91. The van der Waals surface area contributed by atoms with E-state index in [4.69, 9.17) is 4.99 Å². The minimum absolute atomic E-state index is 0. The molecule has 2 aliphatic heterocycles. The van der Waals surface area contributed by atoms with Gasteiger partial charge in [-0.25, -0.2) is 0 Å². The second-order valence-corrected chi connectivity index (χ2v) is 9.03. The molecule has 0 aromatic carbocycles. The average molecular weight is 517 g/mol. The molecule has 2 fully saturated rings. The van der Waals surface area contributed by atoms with Gasteiger partial charge in [0.1, 0.15) is 0 Å². The molecule has 2 aliphatic rings. The molecular formula is C22H41IN6.